The average molecular weight is 313 g/mol. The highest BCUT2D eigenvalue weighted by atomic mass is 35.5. The molecule has 2 atom stereocenters. The van der Waals surface area contributed by atoms with Crippen molar-refractivity contribution in [3.05, 3.63) is 29.3 Å². The number of benzene rings is 1. The number of aliphatic hydroxyl groups is 1. The highest BCUT2D eigenvalue weighted by molar-refractivity contribution is 7.99. The van der Waals surface area contributed by atoms with Gasteiger partial charge in [0, 0.05) is 22.3 Å². The van der Waals surface area contributed by atoms with Gasteiger partial charge in [-0.1, -0.05) is 11.6 Å². The molecular formula is C16H21ClO2S. The molecule has 2 nitrogen and oxygen atoms in total. The van der Waals surface area contributed by atoms with Gasteiger partial charge in [-0.2, -0.15) is 0 Å². The molecular weight excluding hydrogens is 292 g/mol. The number of thioether (sulfide) groups is 1. The number of ether oxygens (including phenoxy) is 1. The van der Waals surface area contributed by atoms with Crippen LogP contribution in [0, 0.1) is 5.92 Å². The first kappa shape index (κ1) is 14.7. The summed E-state index contributed by atoms with van der Waals surface area (Å²) in [5.41, 5.74) is 0.120. The maximum atomic E-state index is 10.4. The van der Waals surface area contributed by atoms with Crippen LogP contribution in [0.4, 0.5) is 0 Å². The zero-order valence-electron chi connectivity index (χ0n) is 11.6. The lowest BCUT2D eigenvalue weighted by molar-refractivity contribution is -0.154. The Bertz CT molecular complexity index is 444. The molecule has 3 rings (SSSR count). The van der Waals surface area contributed by atoms with E-state index in [2.05, 4.69) is 0 Å². The van der Waals surface area contributed by atoms with Gasteiger partial charge in [-0.3, -0.25) is 0 Å². The van der Waals surface area contributed by atoms with Crippen LogP contribution < -0.4 is 0 Å². The molecule has 110 valence electrons. The summed E-state index contributed by atoms with van der Waals surface area (Å²) in [6, 6.07) is 7.82. The van der Waals surface area contributed by atoms with Crippen LogP contribution in [0.2, 0.25) is 5.02 Å². The van der Waals surface area contributed by atoms with Crippen molar-refractivity contribution in [2.45, 2.75) is 48.7 Å². The van der Waals surface area contributed by atoms with Gasteiger partial charge in [0.05, 0.1) is 11.7 Å². The molecule has 1 saturated heterocycles. The summed E-state index contributed by atoms with van der Waals surface area (Å²) in [4.78, 5) is 1.17. The minimum Gasteiger partial charge on any atom is -0.392 e. The normalized spacial score (nSPS) is 26.2. The number of hydrogen-bond acceptors (Lipinski definition) is 3. The Morgan fingerprint density at radius 1 is 1.35 bits per heavy atom. The second-order valence-electron chi connectivity index (χ2n) is 5.97. The number of hydrogen-bond donors (Lipinski definition) is 1. The summed E-state index contributed by atoms with van der Waals surface area (Å²) < 4.78 is 5.93. The van der Waals surface area contributed by atoms with E-state index in [1.54, 1.807) is 11.8 Å². The molecule has 0 bridgehead atoms. The van der Waals surface area contributed by atoms with E-state index in [1.807, 2.05) is 24.3 Å². The van der Waals surface area contributed by atoms with Crippen molar-refractivity contribution in [3.8, 4) is 0 Å². The van der Waals surface area contributed by atoms with E-state index >= 15 is 0 Å². The topological polar surface area (TPSA) is 29.5 Å². The zero-order chi connectivity index (χ0) is 14.0. The van der Waals surface area contributed by atoms with Crippen molar-refractivity contribution in [2.75, 3.05) is 12.4 Å². The maximum absolute atomic E-state index is 10.4. The number of rotatable bonds is 4. The van der Waals surface area contributed by atoms with Gasteiger partial charge in [0.15, 0.2) is 0 Å². The van der Waals surface area contributed by atoms with Crippen LogP contribution in [0.1, 0.15) is 32.1 Å². The number of aliphatic hydroxyl groups excluding tert-OH is 1. The van der Waals surface area contributed by atoms with E-state index < -0.39 is 0 Å². The fourth-order valence-corrected chi connectivity index (χ4v) is 4.25. The van der Waals surface area contributed by atoms with E-state index in [0.29, 0.717) is 5.92 Å². The molecule has 0 amide bonds. The molecule has 1 spiro atoms. The fourth-order valence-electron chi connectivity index (χ4n) is 3.16. The quantitative estimate of drug-likeness (QED) is 0.847. The van der Waals surface area contributed by atoms with Crippen LogP contribution in [-0.2, 0) is 4.74 Å². The van der Waals surface area contributed by atoms with Crippen LogP contribution in [0.25, 0.3) is 0 Å². The van der Waals surface area contributed by atoms with Crippen molar-refractivity contribution >= 4 is 23.4 Å². The average Bonchev–Trinajstić information content (AvgIpc) is 2.45. The molecule has 1 heterocycles. The minimum absolute atomic E-state index is 0.120. The molecule has 1 saturated carbocycles. The second kappa shape index (κ2) is 6.27. The summed E-state index contributed by atoms with van der Waals surface area (Å²) in [7, 11) is 0. The standard InChI is InChI=1S/C16H21ClO2S/c17-13-2-4-14(5-3-13)20-11-15(18)12-6-9-19-16(10-12)7-1-8-16/h2-5,12,15,18H,1,6-11H2. The van der Waals surface area contributed by atoms with Crippen LogP contribution in [0.5, 0.6) is 0 Å². The van der Waals surface area contributed by atoms with Gasteiger partial charge in [-0.15, -0.1) is 11.8 Å². The summed E-state index contributed by atoms with van der Waals surface area (Å²) in [5, 5.41) is 11.2. The summed E-state index contributed by atoms with van der Waals surface area (Å²) in [6.45, 7) is 0.813. The predicted octanol–water partition coefficient (Wildman–Crippen LogP) is 4.14. The Kier molecular flexibility index (Phi) is 4.61. The molecule has 0 aromatic heterocycles. The molecule has 1 aromatic rings. The van der Waals surface area contributed by atoms with Gasteiger partial charge >= 0.3 is 0 Å². The SMILES string of the molecule is OC(CSc1ccc(Cl)cc1)C1CCOC2(CCC2)C1. The van der Waals surface area contributed by atoms with E-state index in [0.717, 1.165) is 30.2 Å². The van der Waals surface area contributed by atoms with E-state index in [4.69, 9.17) is 16.3 Å². The second-order valence-corrected chi connectivity index (χ2v) is 7.50. The molecule has 1 aliphatic heterocycles. The highest BCUT2D eigenvalue weighted by Gasteiger charge is 2.43. The Labute approximate surface area is 129 Å². The third kappa shape index (κ3) is 3.33. The van der Waals surface area contributed by atoms with Crippen molar-refractivity contribution < 1.29 is 9.84 Å². The first-order valence-corrected chi connectivity index (χ1v) is 8.74. The molecule has 0 radical (unpaired) electrons. The van der Waals surface area contributed by atoms with Crippen LogP contribution in [-0.4, -0.2) is 29.2 Å². The van der Waals surface area contributed by atoms with E-state index in [1.165, 1.54) is 24.2 Å². The number of halogens is 1. The molecule has 2 unspecified atom stereocenters. The lowest BCUT2D eigenvalue weighted by Gasteiger charge is -2.48. The Morgan fingerprint density at radius 2 is 2.10 bits per heavy atom. The van der Waals surface area contributed by atoms with Crippen molar-refractivity contribution in [3.63, 3.8) is 0 Å². The van der Waals surface area contributed by atoms with Gasteiger partial charge in [-0.25, -0.2) is 0 Å². The maximum Gasteiger partial charge on any atom is 0.0686 e. The first-order valence-electron chi connectivity index (χ1n) is 7.37. The third-order valence-electron chi connectivity index (χ3n) is 4.57. The minimum atomic E-state index is -0.239. The fraction of sp³-hybridized carbons (Fsp3) is 0.625. The van der Waals surface area contributed by atoms with Crippen LogP contribution in [0.15, 0.2) is 29.2 Å². The summed E-state index contributed by atoms with van der Waals surface area (Å²) >= 11 is 7.58. The van der Waals surface area contributed by atoms with Crippen molar-refractivity contribution in [1.29, 1.82) is 0 Å². The summed E-state index contributed by atoms with van der Waals surface area (Å²) in [6.07, 6.45) is 5.43. The first-order chi connectivity index (χ1) is 9.67. The van der Waals surface area contributed by atoms with Gasteiger partial charge in [0.2, 0.25) is 0 Å². The van der Waals surface area contributed by atoms with E-state index in [-0.39, 0.29) is 11.7 Å². The van der Waals surface area contributed by atoms with Gasteiger partial charge in [-0.05, 0) is 62.3 Å². The van der Waals surface area contributed by atoms with Crippen LogP contribution >= 0.6 is 23.4 Å². The molecule has 1 aromatic carbocycles. The largest absolute Gasteiger partial charge is 0.392 e. The van der Waals surface area contributed by atoms with Gasteiger partial charge in [0.25, 0.3) is 0 Å². The highest BCUT2D eigenvalue weighted by Crippen LogP contribution is 2.45. The predicted molar refractivity (Wildman–Crippen MR) is 83.4 cm³/mol. The molecule has 1 aliphatic carbocycles. The molecule has 1 N–H and O–H groups in total. The van der Waals surface area contributed by atoms with Gasteiger partial charge in [0.1, 0.15) is 0 Å². The van der Waals surface area contributed by atoms with Crippen molar-refractivity contribution in [1.82, 2.24) is 0 Å². The Morgan fingerprint density at radius 3 is 2.75 bits per heavy atom. The Balaban J connectivity index is 1.51. The molecule has 20 heavy (non-hydrogen) atoms. The lowest BCUT2D eigenvalue weighted by Crippen LogP contribution is -2.48. The Hall–Kier alpha value is -0.220. The summed E-state index contributed by atoms with van der Waals surface area (Å²) in [5.74, 6) is 1.14. The molecule has 2 fully saturated rings. The van der Waals surface area contributed by atoms with E-state index in [9.17, 15) is 5.11 Å². The van der Waals surface area contributed by atoms with Gasteiger partial charge < -0.3 is 9.84 Å². The van der Waals surface area contributed by atoms with Crippen molar-refractivity contribution in [2.24, 2.45) is 5.92 Å². The molecule has 4 heteroatoms. The zero-order valence-corrected chi connectivity index (χ0v) is 13.1. The third-order valence-corrected chi connectivity index (χ3v) is 5.94. The molecule has 2 aliphatic rings. The van der Waals surface area contributed by atoms with Crippen LogP contribution in [0.3, 0.4) is 0 Å². The lowest BCUT2D eigenvalue weighted by atomic mass is 9.71. The smallest absolute Gasteiger partial charge is 0.0686 e. The monoisotopic (exact) mass is 312 g/mol.